The Morgan fingerprint density at radius 3 is 3.10 bits per heavy atom. The third-order valence-corrected chi connectivity index (χ3v) is 3.63. The number of para-hydroxylation sites is 1. The van der Waals surface area contributed by atoms with Gasteiger partial charge in [-0.15, -0.1) is 0 Å². The number of carbonyl (C=O) groups is 1. The molecule has 1 aliphatic rings. The minimum absolute atomic E-state index is 0.0216. The molecule has 2 N–H and O–H groups in total. The van der Waals surface area contributed by atoms with E-state index in [1.807, 2.05) is 37.4 Å². The van der Waals surface area contributed by atoms with Crippen molar-refractivity contribution < 1.29 is 14.6 Å². The largest absolute Gasteiger partial charge is 0.394 e. The summed E-state index contributed by atoms with van der Waals surface area (Å²) in [5, 5.41) is 10.3. The minimum Gasteiger partial charge on any atom is -0.394 e. The fourth-order valence-corrected chi connectivity index (χ4v) is 2.75. The number of nitrogens with one attached hydrogen (secondary N) is 1. The predicted octanol–water partition coefficient (Wildman–Crippen LogP) is 1.39. The van der Waals surface area contributed by atoms with E-state index in [9.17, 15) is 9.90 Å². The molecule has 2 aromatic rings. The number of aromatic nitrogens is 1. The number of hydrogen-bond donors (Lipinski definition) is 2. The van der Waals surface area contributed by atoms with E-state index < -0.39 is 0 Å². The molecule has 1 saturated heterocycles. The van der Waals surface area contributed by atoms with Crippen LogP contribution >= 0.6 is 0 Å². The van der Waals surface area contributed by atoms with Gasteiger partial charge in [-0.25, -0.2) is 0 Å². The third kappa shape index (κ3) is 2.30. The summed E-state index contributed by atoms with van der Waals surface area (Å²) in [7, 11) is 0. The maximum atomic E-state index is 12.7. The van der Waals surface area contributed by atoms with E-state index in [1.165, 1.54) is 0 Å². The Balaban J connectivity index is 1.90. The summed E-state index contributed by atoms with van der Waals surface area (Å²) < 4.78 is 5.57. The zero-order valence-electron chi connectivity index (χ0n) is 11.4. The van der Waals surface area contributed by atoms with Crippen molar-refractivity contribution in [1.29, 1.82) is 0 Å². The molecule has 20 heavy (non-hydrogen) atoms. The average Bonchev–Trinajstić information content (AvgIpc) is 2.94. The van der Waals surface area contributed by atoms with Crippen LogP contribution in [0.1, 0.15) is 17.3 Å². The molecule has 0 radical (unpaired) electrons. The summed E-state index contributed by atoms with van der Waals surface area (Å²) >= 11 is 0. The van der Waals surface area contributed by atoms with Crippen LogP contribution in [0.15, 0.2) is 30.5 Å². The van der Waals surface area contributed by atoms with Crippen LogP contribution in [0.25, 0.3) is 10.9 Å². The lowest BCUT2D eigenvalue weighted by molar-refractivity contribution is -0.0858. The summed E-state index contributed by atoms with van der Waals surface area (Å²) in [5.74, 6) is -0.0216. The Morgan fingerprint density at radius 1 is 1.45 bits per heavy atom. The zero-order chi connectivity index (χ0) is 14.1. The summed E-state index contributed by atoms with van der Waals surface area (Å²) in [5.41, 5.74) is 1.52. The third-order valence-electron chi connectivity index (χ3n) is 3.63. The van der Waals surface area contributed by atoms with E-state index in [0.717, 1.165) is 10.9 Å². The molecule has 5 heteroatoms. The molecule has 1 aromatic heterocycles. The Labute approximate surface area is 117 Å². The highest BCUT2D eigenvalue weighted by molar-refractivity contribution is 6.05. The highest BCUT2D eigenvalue weighted by atomic mass is 16.5. The van der Waals surface area contributed by atoms with E-state index in [-0.39, 0.29) is 24.7 Å². The molecule has 1 aliphatic heterocycles. The van der Waals surface area contributed by atoms with Crippen LogP contribution in [0.4, 0.5) is 0 Å². The molecule has 5 nitrogen and oxygen atoms in total. The number of benzene rings is 1. The number of rotatable bonds is 2. The number of H-pyrrole nitrogens is 1. The number of hydrogen-bond acceptors (Lipinski definition) is 3. The van der Waals surface area contributed by atoms with Gasteiger partial charge in [-0.05, 0) is 19.1 Å². The Kier molecular flexibility index (Phi) is 3.46. The quantitative estimate of drug-likeness (QED) is 0.869. The Bertz CT molecular complexity index is 622. The van der Waals surface area contributed by atoms with Gasteiger partial charge in [0.15, 0.2) is 0 Å². The predicted molar refractivity (Wildman–Crippen MR) is 75.6 cm³/mol. The summed E-state index contributed by atoms with van der Waals surface area (Å²) in [6.45, 7) is 2.82. The van der Waals surface area contributed by atoms with Gasteiger partial charge in [0.2, 0.25) is 0 Å². The highest BCUT2D eigenvalue weighted by Gasteiger charge is 2.29. The number of aliphatic hydroxyl groups excluding tert-OH is 1. The second kappa shape index (κ2) is 5.26. The molecule has 1 amide bonds. The standard InChI is InChI=1S/C15H18N2O3/c1-10-7-17(8-12(9-18)20-10)15(19)13-4-2-3-11-5-6-16-14(11)13/h2-6,10,12,16,18H,7-9H2,1H3. The van der Waals surface area contributed by atoms with Gasteiger partial charge in [-0.1, -0.05) is 12.1 Å². The number of amides is 1. The first-order chi connectivity index (χ1) is 9.69. The molecule has 2 unspecified atom stereocenters. The van der Waals surface area contributed by atoms with E-state index in [4.69, 9.17) is 4.74 Å². The summed E-state index contributed by atoms with van der Waals surface area (Å²) in [6.07, 6.45) is 1.47. The van der Waals surface area contributed by atoms with Gasteiger partial charge < -0.3 is 19.7 Å². The first kappa shape index (κ1) is 13.1. The minimum atomic E-state index is -0.300. The molecule has 2 heterocycles. The van der Waals surface area contributed by atoms with Crippen molar-refractivity contribution in [3.05, 3.63) is 36.0 Å². The number of aliphatic hydroxyl groups is 1. The first-order valence-corrected chi connectivity index (χ1v) is 6.80. The van der Waals surface area contributed by atoms with Gasteiger partial charge in [0.1, 0.15) is 0 Å². The normalized spacial score (nSPS) is 23.2. The number of fused-ring (bicyclic) bond motifs is 1. The van der Waals surface area contributed by atoms with Crippen LogP contribution in [0.5, 0.6) is 0 Å². The smallest absolute Gasteiger partial charge is 0.256 e. The van der Waals surface area contributed by atoms with Gasteiger partial charge >= 0.3 is 0 Å². The maximum absolute atomic E-state index is 12.7. The van der Waals surface area contributed by atoms with Gasteiger partial charge in [-0.2, -0.15) is 0 Å². The van der Waals surface area contributed by atoms with Crippen LogP contribution in [0.2, 0.25) is 0 Å². The summed E-state index contributed by atoms with van der Waals surface area (Å²) in [4.78, 5) is 17.6. The number of morpholine rings is 1. The van der Waals surface area contributed by atoms with E-state index >= 15 is 0 Å². The first-order valence-electron chi connectivity index (χ1n) is 6.80. The van der Waals surface area contributed by atoms with Gasteiger partial charge in [0.05, 0.1) is 29.9 Å². The summed E-state index contributed by atoms with van der Waals surface area (Å²) in [6, 6.07) is 7.64. The second-order valence-corrected chi connectivity index (χ2v) is 5.21. The van der Waals surface area contributed by atoms with Crippen LogP contribution in [-0.4, -0.2) is 52.8 Å². The Hall–Kier alpha value is -1.85. The lowest BCUT2D eigenvalue weighted by Gasteiger charge is -2.36. The molecule has 106 valence electrons. The van der Waals surface area contributed by atoms with Crippen molar-refractivity contribution in [2.24, 2.45) is 0 Å². The molecule has 0 bridgehead atoms. The molecule has 0 spiro atoms. The van der Waals surface area contributed by atoms with Gasteiger partial charge in [-0.3, -0.25) is 4.79 Å². The molecular formula is C15H18N2O3. The van der Waals surface area contributed by atoms with Crippen LogP contribution < -0.4 is 0 Å². The van der Waals surface area contributed by atoms with Crippen molar-refractivity contribution in [2.75, 3.05) is 19.7 Å². The van der Waals surface area contributed by atoms with Gasteiger partial charge in [0.25, 0.3) is 5.91 Å². The molecule has 3 rings (SSSR count). The molecular weight excluding hydrogens is 256 g/mol. The average molecular weight is 274 g/mol. The fraction of sp³-hybridized carbons (Fsp3) is 0.400. The van der Waals surface area contributed by atoms with Crippen LogP contribution in [0, 0.1) is 0 Å². The van der Waals surface area contributed by atoms with E-state index in [0.29, 0.717) is 18.7 Å². The van der Waals surface area contributed by atoms with E-state index in [1.54, 1.807) is 4.90 Å². The van der Waals surface area contributed by atoms with Crippen molar-refractivity contribution >= 4 is 16.8 Å². The topological polar surface area (TPSA) is 65.6 Å². The number of aromatic amines is 1. The molecule has 1 aromatic carbocycles. The number of carbonyl (C=O) groups excluding carboxylic acids is 1. The van der Waals surface area contributed by atoms with Crippen LogP contribution in [0.3, 0.4) is 0 Å². The van der Waals surface area contributed by atoms with Crippen molar-refractivity contribution in [2.45, 2.75) is 19.1 Å². The van der Waals surface area contributed by atoms with E-state index in [2.05, 4.69) is 4.98 Å². The lowest BCUT2D eigenvalue weighted by atomic mass is 10.1. The van der Waals surface area contributed by atoms with Crippen molar-refractivity contribution in [3.8, 4) is 0 Å². The lowest BCUT2D eigenvalue weighted by Crippen LogP contribution is -2.50. The highest BCUT2D eigenvalue weighted by Crippen LogP contribution is 2.20. The van der Waals surface area contributed by atoms with Crippen LogP contribution in [-0.2, 0) is 4.74 Å². The SMILES string of the molecule is CC1CN(C(=O)c2cccc3cc[nH]c23)CC(CO)O1. The molecule has 0 aliphatic carbocycles. The monoisotopic (exact) mass is 274 g/mol. The number of nitrogens with zero attached hydrogens (tertiary/aromatic N) is 1. The molecule has 2 atom stereocenters. The molecule has 1 fully saturated rings. The second-order valence-electron chi connectivity index (χ2n) is 5.21. The maximum Gasteiger partial charge on any atom is 0.256 e. The zero-order valence-corrected chi connectivity index (χ0v) is 11.4. The fourth-order valence-electron chi connectivity index (χ4n) is 2.75. The van der Waals surface area contributed by atoms with Crippen molar-refractivity contribution in [1.82, 2.24) is 9.88 Å². The van der Waals surface area contributed by atoms with Crippen molar-refractivity contribution in [3.63, 3.8) is 0 Å². The molecule has 0 saturated carbocycles. The number of ether oxygens (including phenoxy) is 1. The Morgan fingerprint density at radius 2 is 2.30 bits per heavy atom. The van der Waals surface area contributed by atoms with Gasteiger partial charge in [0, 0.05) is 24.7 Å².